The number of nitrogen functional groups attached to an aromatic ring is 1. The fourth-order valence-electron chi connectivity index (χ4n) is 2.20. The lowest BCUT2D eigenvalue weighted by Gasteiger charge is -2.26. The first-order valence-electron chi connectivity index (χ1n) is 6.48. The third-order valence-corrected chi connectivity index (χ3v) is 3.25. The van der Waals surface area contributed by atoms with Crippen LogP contribution in [0.2, 0.25) is 0 Å². The Balaban J connectivity index is 2.58. The summed E-state index contributed by atoms with van der Waals surface area (Å²) in [5, 5.41) is 0. The number of para-hydroxylation sites is 1. The summed E-state index contributed by atoms with van der Waals surface area (Å²) in [6, 6.07) is 8.29. The van der Waals surface area contributed by atoms with Gasteiger partial charge in [-0.05, 0) is 39.3 Å². The first-order valence-corrected chi connectivity index (χ1v) is 6.48. The highest BCUT2D eigenvalue weighted by Crippen LogP contribution is 2.30. The molecule has 0 radical (unpaired) electrons. The number of hydrogen-bond acceptors (Lipinski definition) is 4. The average Bonchev–Trinajstić information content (AvgIpc) is 2.38. The summed E-state index contributed by atoms with van der Waals surface area (Å²) < 4.78 is 0. The summed E-state index contributed by atoms with van der Waals surface area (Å²) >= 11 is 0. The maximum atomic E-state index is 5.95. The molecular weight excluding hydrogens is 236 g/mol. The highest BCUT2D eigenvalue weighted by atomic mass is 15.2. The van der Waals surface area contributed by atoms with Crippen molar-refractivity contribution in [1.29, 1.82) is 0 Å². The predicted molar refractivity (Wildman–Crippen MR) is 79.8 cm³/mol. The van der Waals surface area contributed by atoms with Gasteiger partial charge in [0.05, 0.1) is 0 Å². The minimum Gasteiger partial charge on any atom is -0.383 e. The summed E-state index contributed by atoms with van der Waals surface area (Å²) in [4.78, 5) is 10.9. The highest BCUT2D eigenvalue weighted by Gasteiger charge is 2.16. The zero-order valence-electron chi connectivity index (χ0n) is 11.9. The third-order valence-electron chi connectivity index (χ3n) is 3.25. The molecule has 1 aromatic carbocycles. The Morgan fingerprint density at radius 2 is 1.79 bits per heavy atom. The van der Waals surface area contributed by atoms with Gasteiger partial charge in [0.15, 0.2) is 0 Å². The van der Waals surface area contributed by atoms with Crippen molar-refractivity contribution in [2.75, 3.05) is 17.2 Å². The molecule has 0 fully saturated rings. The van der Waals surface area contributed by atoms with Crippen molar-refractivity contribution < 1.29 is 0 Å². The Morgan fingerprint density at radius 1 is 1.11 bits per heavy atom. The van der Waals surface area contributed by atoms with Crippen LogP contribution in [0.25, 0.3) is 0 Å². The molecule has 0 unspecified atom stereocenters. The van der Waals surface area contributed by atoms with Crippen LogP contribution in [0.5, 0.6) is 0 Å². The van der Waals surface area contributed by atoms with Gasteiger partial charge in [-0.1, -0.05) is 18.2 Å². The minimum absolute atomic E-state index is 0.550. The Bertz CT molecular complexity index is 593. The number of benzene rings is 1. The molecule has 0 aliphatic carbocycles. The van der Waals surface area contributed by atoms with Crippen molar-refractivity contribution in [3.8, 4) is 0 Å². The number of anilines is 3. The van der Waals surface area contributed by atoms with Crippen LogP contribution in [0.3, 0.4) is 0 Å². The summed E-state index contributed by atoms with van der Waals surface area (Å²) in [5.74, 6) is 2.14. The van der Waals surface area contributed by atoms with Gasteiger partial charge in [0, 0.05) is 17.8 Å². The van der Waals surface area contributed by atoms with Crippen LogP contribution in [-0.2, 0) is 0 Å². The molecule has 0 saturated carbocycles. The third kappa shape index (κ3) is 2.52. The van der Waals surface area contributed by atoms with E-state index in [0.29, 0.717) is 11.6 Å². The standard InChI is InChI=1S/C15H20N4/c1-5-19(13-9-7-6-8-10(13)2)15-11(3)14(16)17-12(4)18-15/h6-9H,5H2,1-4H3,(H2,16,17,18). The minimum atomic E-state index is 0.550. The monoisotopic (exact) mass is 256 g/mol. The number of aryl methyl sites for hydroxylation is 2. The molecule has 1 heterocycles. The van der Waals surface area contributed by atoms with E-state index in [-0.39, 0.29) is 0 Å². The Morgan fingerprint density at radius 3 is 2.42 bits per heavy atom. The zero-order valence-corrected chi connectivity index (χ0v) is 11.9. The van der Waals surface area contributed by atoms with Gasteiger partial charge in [0.2, 0.25) is 0 Å². The molecular formula is C15H20N4. The number of hydrogen-bond donors (Lipinski definition) is 1. The topological polar surface area (TPSA) is 55.0 Å². The van der Waals surface area contributed by atoms with Gasteiger partial charge in [0.25, 0.3) is 0 Å². The van der Waals surface area contributed by atoms with Gasteiger partial charge in [0.1, 0.15) is 17.5 Å². The van der Waals surface area contributed by atoms with E-state index in [9.17, 15) is 0 Å². The predicted octanol–water partition coefficient (Wildman–Crippen LogP) is 3.14. The first-order chi connectivity index (χ1) is 9.04. The summed E-state index contributed by atoms with van der Waals surface area (Å²) in [6.45, 7) is 8.88. The quantitative estimate of drug-likeness (QED) is 0.916. The maximum absolute atomic E-state index is 5.95. The smallest absolute Gasteiger partial charge is 0.141 e. The molecule has 100 valence electrons. The highest BCUT2D eigenvalue weighted by molar-refractivity contribution is 5.68. The van der Waals surface area contributed by atoms with E-state index in [4.69, 9.17) is 5.73 Å². The summed E-state index contributed by atoms with van der Waals surface area (Å²) in [6.07, 6.45) is 0. The van der Waals surface area contributed by atoms with Crippen LogP contribution in [-0.4, -0.2) is 16.5 Å². The van der Waals surface area contributed by atoms with Crippen LogP contribution < -0.4 is 10.6 Å². The fraction of sp³-hybridized carbons (Fsp3) is 0.333. The molecule has 0 atom stereocenters. The Hall–Kier alpha value is -2.10. The lowest BCUT2D eigenvalue weighted by atomic mass is 10.1. The van der Waals surface area contributed by atoms with Crippen LogP contribution in [0.15, 0.2) is 24.3 Å². The Kier molecular flexibility index (Phi) is 3.69. The first kappa shape index (κ1) is 13.3. The number of nitrogens with zero attached hydrogens (tertiary/aromatic N) is 3. The SMILES string of the molecule is CCN(c1ccccc1C)c1nc(C)nc(N)c1C. The number of aromatic nitrogens is 2. The van der Waals surface area contributed by atoms with Gasteiger partial charge in [-0.15, -0.1) is 0 Å². The summed E-state index contributed by atoms with van der Waals surface area (Å²) in [5.41, 5.74) is 9.26. The molecule has 0 amide bonds. The lowest BCUT2D eigenvalue weighted by Crippen LogP contribution is -2.21. The van der Waals surface area contributed by atoms with E-state index in [1.54, 1.807) is 0 Å². The van der Waals surface area contributed by atoms with Crippen molar-refractivity contribution in [3.05, 3.63) is 41.2 Å². The van der Waals surface area contributed by atoms with Crippen molar-refractivity contribution in [2.24, 2.45) is 0 Å². The van der Waals surface area contributed by atoms with Crippen molar-refractivity contribution in [2.45, 2.75) is 27.7 Å². The summed E-state index contributed by atoms with van der Waals surface area (Å²) in [7, 11) is 0. The van der Waals surface area contributed by atoms with Crippen LogP contribution in [0, 0.1) is 20.8 Å². The second-order valence-corrected chi connectivity index (χ2v) is 4.64. The van der Waals surface area contributed by atoms with Gasteiger partial charge in [-0.25, -0.2) is 9.97 Å². The van der Waals surface area contributed by atoms with E-state index < -0.39 is 0 Å². The molecule has 2 N–H and O–H groups in total. The van der Waals surface area contributed by atoms with E-state index >= 15 is 0 Å². The van der Waals surface area contributed by atoms with Crippen LogP contribution >= 0.6 is 0 Å². The second-order valence-electron chi connectivity index (χ2n) is 4.64. The molecule has 0 bridgehead atoms. The molecule has 0 aliphatic rings. The van der Waals surface area contributed by atoms with Crippen molar-refractivity contribution in [1.82, 2.24) is 9.97 Å². The van der Waals surface area contributed by atoms with E-state index in [1.807, 2.05) is 26.0 Å². The van der Waals surface area contributed by atoms with E-state index in [0.717, 1.165) is 23.6 Å². The van der Waals surface area contributed by atoms with Crippen LogP contribution in [0.1, 0.15) is 23.9 Å². The molecule has 1 aromatic heterocycles. The lowest BCUT2D eigenvalue weighted by molar-refractivity contribution is 0.937. The average molecular weight is 256 g/mol. The number of rotatable bonds is 3. The largest absolute Gasteiger partial charge is 0.383 e. The normalized spacial score (nSPS) is 10.5. The number of nitrogens with two attached hydrogens (primary N) is 1. The fourth-order valence-corrected chi connectivity index (χ4v) is 2.20. The second kappa shape index (κ2) is 5.26. The van der Waals surface area contributed by atoms with Crippen LogP contribution in [0.4, 0.5) is 17.3 Å². The maximum Gasteiger partial charge on any atom is 0.141 e. The molecule has 2 aromatic rings. The van der Waals surface area contributed by atoms with E-state index in [2.05, 4.69) is 40.8 Å². The molecule has 0 aliphatic heterocycles. The van der Waals surface area contributed by atoms with Gasteiger partial charge in [-0.2, -0.15) is 0 Å². The van der Waals surface area contributed by atoms with Gasteiger partial charge < -0.3 is 10.6 Å². The molecule has 4 heteroatoms. The van der Waals surface area contributed by atoms with Crippen molar-refractivity contribution >= 4 is 17.3 Å². The van der Waals surface area contributed by atoms with E-state index in [1.165, 1.54) is 5.56 Å². The van der Waals surface area contributed by atoms with Gasteiger partial charge >= 0.3 is 0 Å². The Labute approximate surface area is 114 Å². The molecule has 19 heavy (non-hydrogen) atoms. The van der Waals surface area contributed by atoms with Gasteiger partial charge in [-0.3, -0.25) is 0 Å². The molecule has 0 spiro atoms. The molecule has 2 rings (SSSR count). The molecule has 0 saturated heterocycles. The zero-order chi connectivity index (χ0) is 14.0. The van der Waals surface area contributed by atoms with Crippen molar-refractivity contribution in [3.63, 3.8) is 0 Å². The molecule has 4 nitrogen and oxygen atoms in total.